The first kappa shape index (κ1) is 21.2. The SMILES string of the molecule is Cc1ccc(NC(=O)C2CCN(C(=O)[C@@](C)(O)C(F)(F)F)CC2(C)C)cc1. The maximum atomic E-state index is 12.9. The van der Waals surface area contributed by atoms with Crippen molar-refractivity contribution in [2.75, 3.05) is 18.4 Å². The number of anilines is 1. The van der Waals surface area contributed by atoms with Crippen molar-refractivity contribution >= 4 is 17.5 Å². The highest BCUT2D eigenvalue weighted by Crippen LogP contribution is 2.38. The smallest absolute Gasteiger partial charge is 0.373 e. The van der Waals surface area contributed by atoms with Gasteiger partial charge in [-0.25, -0.2) is 0 Å². The minimum absolute atomic E-state index is 0.0273. The lowest BCUT2D eigenvalue weighted by Crippen LogP contribution is -2.60. The molecule has 0 aliphatic carbocycles. The molecule has 2 N–H and O–H groups in total. The second kappa shape index (κ2) is 7.14. The van der Waals surface area contributed by atoms with Crippen molar-refractivity contribution in [3.63, 3.8) is 0 Å². The first-order chi connectivity index (χ1) is 12.3. The largest absolute Gasteiger partial charge is 0.426 e. The third-order valence-corrected chi connectivity index (χ3v) is 5.12. The van der Waals surface area contributed by atoms with Gasteiger partial charge >= 0.3 is 6.18 Å². The molecule has 1 unspecified atom stereocenters. The maximum Gasteiger partial charge on any atom is 0.426 e. The minimum atomic E-state index is -5.06. The van der Waals surface area contributed by atoms with Crippen molar-refractivity contribution in [1.82, 2.24) is 4.90 Å². The highest BCUT2D eigenvalue weighted by molar-refractivity contribution is 5.93. The summed E-state index contributed by atoms with van der Waals surface area (Å²) < 4.78 is 38.8. The molecule has 150 valence electrons. The fraction of sp³-hybridized carbons (Fsp3) is 0.579. The third-order valence-electron chi connectivity index (χ3n) is 5.12. The van der Waals surface area contributed by atoms with Gasteiger partial charge in [0.25, 0.3) is 5.91 Å². The van der Waals surface area contributed by atoms with Crippen molar-refractivity contribution in [1.29, 1.82) is 0 Å². The Kier molecular flexibility index (Phi) is 5.61. The topological polar surface area (TPSA) is 69.6 Å². The number of amides is 2. The van der Waals surface area contributed by atoms with Crippen LogP contribution in [-0.4, -0.2) is 46.7 Å². The summed E-state index contributed by atoms with van der Waals surface area (Å²) in [6.45, 7) is 5.77. The number of alkyl halides is 3. The van der Waals surface area contributed by atoms with Gasteiger partial charge in [0.1, 0.15) is 0 Å². The molecule has 1 saturated heterocycles. The molecule has 1 aromatic rings. The van der Waals surface area contributed by atoms with Crippen LogP contribution in [0.5, 0.6) is 0 Å². The highest BCUT2D eigenvalue weighted by atomic mass is 19.4. The van der Waals surface area contributed by atoms with E-state index in [0.717, 1.165) is 10.5 Å². The number of carbonyl (C=O) groups is 2. The van der Waals surface area contributed by atoms with Crippen LogP contribution in [0.4, 0.5) is 18.9 Å². The fourth-order valence-electron chi connectivity index (χ4n) is 3.31. The molecule has 5 nitrogen and oxygen atoms in total. The van der Waals surface area contributed by atoms with E-state index in [0.29, 0.717) is 12.6 Å². The summed E-state index contributed by atoms with van der Waals surface area (Å²) in [5.74, 6) is -2.10. The second-order valence-electron chi connectivity index (χ2n) is 7.98. The average molecular weight is 386 g/mol. The number of aryl methyl sites for hydroxylation is 1. The van der Waals surface area contributed by atoms with E-state index in [1.807, 2.05) is 19.1 Å². The van der Waals surface area contributed by atoms with E-state index in [4.69, 9.17) is 0 Å². The predicted octanol–water partition coefficient (Wildman–Crippen LogP) is 3.12. The summed E-state index contributed by atoms with van der Waals surface area (Å²) in [6.07, 6.45) is -4.85. The predicted molar refractivity (Wildman–Crippen MR) is 95.0 cm³/mol. The molecule has 1 heterocycles. The van der Waals surface area contributed by atoms with Crippen molar-refractivity contribution in [3.8, 4) is 0 Å². The fourth-order valence-corrected chi connectivity index (χ4v) is 3.31. The van der Waals surface area contributed by atoms with Crippen LogP contribution in [0, 0.1) is 18.3 Å². The van der Waals surface area contributed by atoms with Crippen LogP contribution in [-0.2, 0) is 9.59 Å². The maximum absolute atomic E-state index is 12.9. The Bertz CT molecular complexity index is 712. The molecular formula is C19H25F3N2O3. The Labute approximate surface area is 156 Å². The lowest BCUT2D eigenvalue weighted by atomic mass is 9.73. The Balaban J connectivity index is 2.09. The average Bonchev–Trinajstić information content (AvgIpc) is 2.54. The number of piperidine rings is 1. The van der Waals surface area contributed by atoms with Gasteiger partial charge in [-0.15, -0.1) is 0 Å². The van der Waals surface area contributed by atoms with Crippen LogP contribution < -0.4 is 5.32 Å². The summed E-state index contributed by atoms with van der Waals surface area (Å²) in [6, 6.07) is 7.28. The van der Waals surface area contributed by atoms with E-state index >= 15 is 0 Å². The molecular weight excluding hydrogens is 361 g/mol. The molecule has 0 spiro atoms. The molecule has 1 aliphatic heterocycles. The zero-order valence-electron chi connectivity index (χ0n) is 15.9. The molecule has 0 radical (unpaired) electrons. The van der Waals surface area contributed by atoms with Crippen LogP contribution in [0.3, 0.4) is 0 Å². The molecule has 0 aromatic heterocycles. The number of likely N-dealkylation sites (tertiary alicyclic amines) is 1. The van der Waals surface area contributed by atoms with Crippen LogP contribution in [0.15, 0.2) is 24.3 Å². The Morgan fingerprint density at radius 2 is 1.78 bits per heavy atom. The summed E-state index contributed by atoms with van der Waals surface area (Å²) in [7, 11) is 0. The lowest BCUT2D eigenvalue weighted by molar-refractivity contribution is -0.251. The molecule has 2 rings (SSSR count). The molecule has 27 heavy (non-hydrogen) atoms. The minimum Gasteiger partial charge on any atom is -0.373 e. The number of hydrogen-bond acceptors (Lipinski definition) is 3. The number of benzene rings is 1. The van der Waals surface area contributed by atoms with Crippen LogP contribution in [0.25, 0.3) is 0 Å². The Hall–Kier alpha value is -2.09. The molecule has 0 bridgehead atoms. The van der Waals surface area contributed by atoms with Crippen molar-refractivity contribution in [3.05, 3.63) is 29.8 Å². The third kappa shape index (κ3) is 4.43. The highest BCUT2D eigenvalue weighted by Gasteiger charge is 2.58. The van der Waals surface area contributed by atoms with Gasteiger partial charge in [0, 0.05) is 24.7 Å². The second-order valence-corrected chi connectivity index (χ2v) is 7.98. The quantitative estimate of drug-likeness (QED) is 0.839. The van der Waals surface area contributed by atoms with Gasteiger partial charge < -0.3 is 15.3 Å². The number of hydrogen-bond donors (Lipinski definition) is 2. The van der Waals surface area contributed by atoms with E-state index in [1.54, 1.807) is 26.0 Å². The van der Waals surface area contributed by atoms with Crippen LogP contribution in [0.2, 0.25) is 0 Å². The molecule has 0 saturated carbocycles. The Morgan fingerprint density at radius 1 is 1.22 bits per heavy atom. The van der Waals surface area contributed by atoms with Gasteiger partial charge in [-0.2, -0.15) is 13.2 Å². The first-order valence-electron chi connectivity index (χ1n) is 8.72. The lowest BCUT2D eigenvalue weighted by Gasteiger charge is -2.45. The summed E-state index contributed by atoms with van der Waals surface area (Å²) in [4.78, 5) is 25.9. The van der Waals surface area contributed by atoms with Crippen LogP contribution >= 0.6 is 0 Å². The summed E-state index contributed by atoms with van der Waals surface area (Å²) >= 11 is 0. The number of nitrogens with one attached hydrogen (secondary N) is 1. The van der Waals surface area contributed by atoms with Gasteiger partial charge in [-0.1, -0.05) is 31.5 Å². The summed E-state index contributed by atoms with van der Waals surface area (Å²) in [5.41, 5.74) is -2.50. The number of rotatable bonds is 3. The number of aliphatic hydroxyl groups is 1. The summed E-state index contributed by atoms with van der Waals surface area (Å²) in [5, 5.41) is 12.5. The van der Waals surface area contributed by atoms with Gasteiger partial charge in [0.15, 0.2) is 0 Å². The van der Waals surface area contributed by atoms with E-state index in [2.05, 4.69) is 5.32 Å². The molecule has 2 amide bonds. The monoisotopic (exact) mass is 386 g/mol. The van der Waals surface area contributed by atoms with Crippen molar-refractivity contribution in [2.24, 2.45) is 11.3 Å². The van der Waals surface area contributed by atoms with E-state index in [1.165, 1.54) is 0 Å². The van der Waals surface area contributed by atoms with Gasteiger partial charge in [0.05, 0.1) is 0 Å². The zero-order chi connectivity index (χ0) is 20.6. The number of carbonyl (C=O) groups excluding carboxylic acids is 2. The molecule has 1 aromatic carbocycles. The molecule has 1 aliphatic rings. The Morgan fingerprint density at radius 3 is 2.26 bits per heavy atom. The van der Waals surface area contributed by atoms with E-state index < -0.39 is 29.0 Å². The first-order valence-corrected chi connectivity index (χ1v) is 8.72. The van der Waals surface area contributed by atoms with E-state index in [-0.39, 0.29) is 25.4 Å². The van der Waals surface area contributed by atoms with Gasteiger partial charge in [-0.3, -0.25) is 9.59 Å². The normalized spacial score (nSPS) is 22.1. The van der Waals surface area contributed by atoms with Crippen molar-refractivity contribution in [2.45, 2.75) is 45.9 Å². The van der Waals surface area contributed by atoms with Gasteiger partial charge in [-0.05, 0) is 37.8 Å². The molecule has 2 atom stereocenters. The van der Waals surface area contributed by atoms with Crippen LogP contribution in [0.1, 0.15) is 32.8 Å². The van der Waals surface area contributed by atoms with E-state index in [9.17, 15) is 27.9 Å². The zero-order valence-corrected chi connectivity index (χ0v) is 15.9. The number of halogens is 3. The van der Waals surface area contributed by atoms with Crippen molar-refractivity contribution < 1.29 is 27.9 Å². The standard InChI is InChI=1S/C19H25F3N2O3/c1-12-5-7-13(8-6-12)23-15(25)14-9-10-24(11-17(14,2)3)16(26)18(4,27)19(20,21)22/h5-8,14,27H,9-11H2,1-4H3,(H,23,25)/t14?,18-/m1/s1. The molecule has 1 fully saturated rings. The number of nitrogens with zero attached hydrogens (tertiary/aromatic N) is 1. The van der Waals surface area contributed by atoms with Gasteiger partial charge in [0.2, 0.25) is 11.5 Å². The molecule has 8 heteroatoms.